The number of benzene rings is 2. The van der Waals surface area contributed by atoms with Crippen LogP contribution >= 0.6 is 0 Å². The number of aromatic nitrogens is 7. The van der Waals surface area contributed by atoms with E-state index in [-0.39, 0.29) is 17.9 Å². The standard InChI is InChI=1S/C29H30N10O2/c1-19(40)31-22-9-10-23-25(18-22)36(2)33-26(23)21-11-12-30-24(17-21)29(41)39-15-13-38(14-16-39)27(20-7-5-4-6-8-20)28-32-35-37(3)34-28/h4-12,17-18,27H,13-16H2,1-3H3,(H,31,40). The number of hydrogen-bond acceptors (Lipinski definition) is 8. The largest absolute Gasteiger partial charge is 0.335 e. The van der Waals surface area contributed by atoms with E-state index in [9.17, 15) is 9.59 Å². The van der Waals surface area contributed by atoms with Crippen molar-refractivity contribution in [2.45, 2.75) is 13.0 Å². The number of pyridine rings is 1. The van der Waals surface area contributed by atoms with Crippen molar-refractivity contribution in [3.63, 3.8) is 0 Å². The van der Waals surface area contributed by atoms with Crippen molar-refractivity contribution in [2.24, 2.45) is 14.1 Å². The zero-order valence-electron chi connectivity index (χ0n) is 23.1. The molecular formula is C29H30N10O2. The third-order valence-electron chi connectivity index (χ3n) is 7.27. The number of fused-ring (bicyclic) bond motifs is 1. The molecule has 1 fully saturated rings. The number of anilines is 1. The number of carbonyl (C=O) groups excluding carboxylic acids is 2. The van der Waals surface area contributed by atoms with Gasteiger partial charge >= 0.3 is 0 Å². The van der Waals surface area contributed by atoms with Crippen molar-refractivity contribution >= 4 is 28.4 Å². The second kappa shape index (κ2) is 10.9. The predicted molar refractivity (Wildman–Crippen MR) is 153 cm³/mol. The molecule has 1 aliphatic heterocycles. The minimum atomic E-state index is -0.146. The number of aryl methyl sites for hydroxylation is 2. The molecule has 1 aliphatic rings. The molecule has 41 heavy (non-hydrogen) atoms. The van der Waals surface area contributed by atoms with E-state index in [0.29, 0.717) is 43.4 Å². The molecule has 12 heteroatoms. The molecule has 1 unspecified atom stereocenters. The van der Waals surface area contributed by atoms with Crippen LogP contribution in [0.3, 0.4) is 0 Å². The molecule has 0 saturated carbocycles. The van der Waals surface area contributed by atoms with Gasteiger partial charge in [-0.2, -0.15) is 9.90 Å². The van der Waals surface area contributed by atoms with Gasteiger partial charge in [0.05, 0.1) is 18.6 Å². The van der Waals surface area contributed by atoms with Gasteiger partial charge in [0.2, 0.25) is 5.91 Å². The quantitative estimate of drug-likeness (QED) is 0.342. The summed E-state index contributed by atoms with van der Waals surface area (Å²) >= 11 is 0. The first kappa shape index (κ1) is 26.3. The third kappa shape index (κ3) is 5.29. The van der Waals surface area contributed by atoms with Gasteiger partial charge in [-0.25, -0.2) is 0 Å². The highest BCUT2D eigenvalue weighted by Gasteiger charge is 2.31. The summed E-state index contributed by atoms with van der Waals surface area (Å²) in [7, 11) is 3.61. The monoisotopic (exact) mass is 550 g/mol. The first-order chi connectivity index (χ1) is 19.9. The van der Waals surface area contributed by atoms with Gasteiger partial charge in [-0.1, -0.05) is 30.3 Å². The number of nitrogens with one attached hydrogen (secondary N) is 1. The van der Waals surface area contributed by atoms with Crippen LogP contribution in [0.5, 0.6) is 0 Å². The lowest BCUT2D eigenvalue weighted by Gasteiger charge is -2.38. The summed E-state index contributed by atoms with van der Waals surface area (Å²) in [6.45, 7) is 3.89. The van der Waals surface area contributed by atoms with E-state index in [1.165, 1.54) is 11.7 Å². The molecule has 0 spiro atoms. The fourth-order valence-corrected chi connectivity index (χ4v) is 5.36. The summed E-state index contributed by atoms with van der Waals surface area (Å²) in [6, 6.07) is 19.3. The summed E-state index contributed by atoms with van der Waals surface area (Å²) in [5.41, 5.74) is 4.59. The van der Waals surface area contributed by atoms with E-state index in [1.807, 2.05) is 54.4 Å². The molecule has 0 bridgehead atoms. The summed E-state index contributed by atoms with van der Waals surface area (Å²) in [5.74, 6) is 0.388. The van der Waals surface area contributed by atoms with Crippen LogP contribution < -0.4 is 5.32 Å². The summed E-state index contributed by atoms with van der Waals surface area (Å²) in [4.78, 5) is 35.0. The van der Waals surface area contributed by atoms with E-state index in [1.54, 1.807) is 24.0 Å². The number of amides is 2. The SMILES string of the molecule is CC(=O)Nc1ccc2c(-c3ccnc(C(=O)N4CCN(C(c5ccccc5)c5nnn(C)n5)CC4)c3)nn(C)c2c1. The Morgan fingerprint density at radius 1 is 0.927 bits per heavy atom. The molecule has 6 rings (SSSR count). The fourth-order valence-electron chi connectivity index (χ4n) is 5.36. The minimum absolute atomic E-state index is 0.117. The van der Waals surface area contributed by atoms with E-state index in [4.69, 9.17) is 5.10 Å². The smallest absolute Gasteiger partial charge is 0.272 e. The molecule has 1 atom stereocenters. The van der Waals surface area contributed by atoms with E-state index < -0.39 is 0 Å². The van der Waals surface area contributed by atoms with Crippen molar-refractivity contribution in [3.8, 4) is 11.3 Å². The second-order valence-electron chi connectivity index (χ2n) is 10.1. The second-order valence-corrected chi connectivity index (χ2v) is 10.1. The van der Waals surface area contributed by atoms with Gasteiger partial charge in [0, 0.05) is 63.0 Å². The van der Waals surface area contributed by atoms with Crippen LogP contribution in [0.4, 0.5) is 5.69 Å². The maximum atomic E-state index is 13.6. The van der Waals surface area contributed by atoms with Crippen molar-refractivity contribution in [1.82, 2.24) is 44.8 Å². The van der Waals surface area contributed by atoms with Gasteiger partial charge in [0.25, 0.3) is 5.91 Å². The maximum absolute atomic E-state index is 13.6. The highest BCUT2D eigenvalue weighted by molar-refractivity contribution is 5.99. The maximum Gasteiger partial charge on any atom is 0.272 e. The average Bonchev–Trinajstić information content (AvgIpc) is 3.56. The molecule has 0 aliphatic carbocycles. The van der Waals surface area contributed by atoms with Crippen molar-refractivity contribution < 1.29 is 9.59 Å². The molecule has 208 valence electrons. The lowest BCUT2D eigenvalue weighted by Crippen LogP contribution is -2.50. The summed E-state index contributed by atoms with van der Waals surface area (Å²) in [5, 5.41) is 21.3. The normalized spacial score (nSPS) is 14.8. The number of rotatable bonds is 6. The number of hydrogen-bond donors (Lipinski definition) is 1. The van der Waals surface area contributed by atoms with E-state index in [0.717, 1.165) is 27.7 Å². The first-order valence-corrected chi connectivity index (χ1v) is 13.4. The van der Waals surface area contributed by atoms with E-state index >= 15 is 0 Å². The molecule has 1 N–H and O–H groups in total. The number of tetrazole rings is 1. The lowest BCUT2D eigenvalue weighted by atomic mass is 10.0. The molecule has 2 aromatic carbocycles. The Balaban J connectivity index is 1.20. The predicted octanol–water partition coefficient (Wildman–Crippen LogP) is 2.66. The van der Waals surface area contributed by atoms with Crippen molar-refractivity contribution in [1.29, 1.82) is 0 Å². The Hall–Kier alpha value is -4.97. The molecule has 1 saturated heterocycles. The Morgan fingerprint density at radius 3 is 2.41 bits per heavy atom. The average molecular weight is 551 g/mol. The molecule has 12 nitrogen and oxygen atoms in total. The number of carbonyl (C=O) groups is 2. The molecular weight excluding hydrogens is 520 g/mol. The van der Waals surface area contributed by atoms with Gasteiger partial charge in [-0.3, -0.25) is 24.2 Å². The fraction of sp³-hybridized carbons (Fsp3) is 0.276. The molecule has 0 radical (unpaired) electrons. The zero-order chi connectivity index (χ0) is 28.5. The Kier molecular flexibility index (Phi) is 6.98. The highest BCUT2D eigenvalue weighted by atomic mass is 16.2. The Labute approximate surface area is 236 Å². The van der Waals surface area contributed by atoms with Gasteiger partial charge in [0.1, 0.15) is 11.4 Å². The number of piperazine rings is 1. The summed E-state index contributed by atoms with van der Waals surface area (Å²) < 4.78 is 1.77. The minimum Gasteiger partial charge on any atom is -0.335 e. The lowest BCUT2D eigenvalue weighted by molar-refractivity contribution is -0.114. The van der Waals surface area contributed by atoms with Crippen LogP contribution in [0, 0.1) is 0 Å². The third-order valence-corrected chi connectivity index (χ3v) is 7.27. The number of nitrogens with zero attached hydrogens (tertiary/aromatic N) is 9. The molecule has 5 aromatic rings. The van der Waals surface area contributed by atoms with Crippen LogP contribution in [0.15, 0.2) is 66.9 Å². The van der Waals surface area contributed by atoms with Crippen molar-refractivity contribution in [2.75, 3.05) is 31.5 Å². The van der Waals surface area contributed by atoms with Gasteiger partial charge in [-0.15, -0.1) is 10.2 Å². The van der Waals surface area contributed by atoms with Crippen LogP contribution in [0.1, 0.15) is 34.8 Å². The molecule has 4 heterocycles. The highest BCUT2D eigenvalue weighted by Crippen LogP contribution is 2.30. The van der Waals surface area contributed by atoms with Gasteiger partial charge in [0.15, 0.2) is 5.82 Å². The summed E-state index contributed by atoms with van der Waals surface area (Å²) in [6.07, 6.45) is 1.65. The van der Waals surface area contributed by atoms with Gasteiger partial charge in [-0.05, 0) is 41.1 Å². The van der Waals surface area contributed by atoms with Crippen molar-refractivity contribution in [3.05, 3.63) is 83.9 Å². The Bertz CT molecular complexity index is 1720. The molecule has 2 amide bonds. The zero-order valence-corrected chi connectivity index (χ0v) is 23.1. The van der Waals surface area contributed by atoms with Gasteiger partial charge < -0.3 is 10.2 Å². The van der Waals surface area contributed by atoms with Crippen LogP contribution in [0.25, 0.3) is 22.2 Å². The topological polar surface area (TPSA) is 127 Å². The van der Waals surface area contributed by atoms with Crippen LogP contribution in [-0.4, -0.2) is 82.8 Å². The van der Waals surface area contributed by atoms with E-state index in [2.05, 4.69) is 42.7 Å². The van der Waals surface area contributed by atoms with Crippen LogP contribution in [-0.2, 0) is 18.9 Å². The molecule has 3 aromatic heterocycles. The first-order valence-electron chi connectivity index (χ1n) is 13.4. The Morgan fingerprint density at radius 2 is 1.71 bits per heavy atom. The van der Waals surface area contributed by atoms with Crippen LogP contribution in [0.2, 0.25) is 0 Å².